The standard InChI is InChI=1S/C17H29N/c1-7-10-18-16(17(4,5)6)12-15-9-8-13(2)14(3)11-15/h8-9,11,16,18H,7,10,12H2,1-6H3. The first-order valence-electron chi connectivity index (χ1n) is 7.14. The summed E-state index contributed by atoms with van der Waals surface area (Å²) in [5.74, 6) is 0. The van der Waals surface area contributed by atoms with Crippen molar-refractivity contribution in [3.63, 3.8) is 0 Å². The minimum Gasteiger partial charge on any atom is -0.313 e. The van der Waals surface area contributed by atoms with Gasteiger partial charge in [0.05, 0.1) is 0 Å². The summed E-state index contributed by atoms with van der Waals surface area (Å²) in [6.45, 7) is 14.7. The highest BCUT2D eigenvalue weighted by atomic mass is 14.9. The van der Waals surface area contributed by atoms with Crippen molar-refractivity contribution in [1.29, 1.82) is 0 Å². The van der Waals surface area contributed by atoms with E-state index < -0.39 is 0 Å². The lowest BCUT2D eigenvalue weighted by Crippen LogP contribution is -2.42. The van der Waals surface area contributed by atoms with Crippen molar-refractivity contribution in [2.24, 2.45) is 5.41 Å². The van der Waals surface area contributed by atoms with Gasteiger partial charge in [-0.25, -0.2) is 0 Å². The van der Waals surface area contributed by atoms with Crippen molar-refractivity contribution >= 4 is 0 Å². The molecule has 1 aromatic carbocycles. The quantitative estimate of drug-likeness (QED) is 0.819. The first kappa shape index (κ1) is 15.2. The van der Waals surface area contributed by atoms with Crippen LogP contribution in [0.4, 0.5) is 0 Å². The van der Waals surface area contributed by atoms with Gasteiger partial charge in [0, 0.05) is 6.04 Å². The van der Waals surface area contributed by atoms with Crippen LogP contribution < -0.4 is 5.32 Å². The van der Waals surface area contributed by atoms with Gasteiger partial charge in [-0.05, 0) is 55.3 Å². The molecule has 0 heterocycles. The van der Waals surface area contributed by atoms with Crippen LogP contribution in [0.2, 0.25) is 0 Å². The molecule has 1 unspecified atom stereocenters. The number of hydrogen-bond acceptors (Lipinski definition) is 1. The second kappa shape index (κ2) is 6.38. The molecule has 0 aliphatic rings. The zero-order valence-corrected chi connectivity index (χ0v) is 12.9. The number of aryl methyl sites for hydroxylation is 2. The third-order valence-electron chi connectivity index (χ3n) is 3.70. The molecule has 0 bridgehead atoms. The smallest absolute Gasteiger partial charge is 0.0156 e. The molecule has 0 amide bonds. The van der Waals surface area contributed by atoms with Gasteiger partial charge in [-0.2, -0.15) is 0 Å². The van der Waals surface area contributed by atoms with Gasteiger partial charge in [-0.3, -0.25) is 0 Å². The van der Waals surface area contributed by atoms with Crippen LogP contribution in [-0.2, 0) is 6.42 Å². The van der Waals surface area contributed by atoms with E-state index in [4.69, 9.17) is 0 Å². The average molecular weight is 247 g/mol. The van der Waals surface area contributed by atoms with Crippen molar-refractivity contribution in [1.82, 2.24) is 5.32 Å². The van der Waals surface area contributed by atoms with Crippen LogP contribution in [0.5, 0.6) is 0 Å². The third-order valence-corrected chi connectivity index (χ3v) is 3.70. The van der Waals surface area contributed by atoms with E-state index in [1.54, 1.807) is 0 Å². The van der Waals surface area contributed by atoms with Gasteiger partial charge >= 0.3 is 0 Å². The maximum atomic E-state index is 3.69. The molecular formula is C17H29N. The predicted octanol–water partition coefficient (Wildman–Crippen LogP) is 4.26. The summed E-state index contributed by atoms with van der Waals surface area (Å²) < 4.78 is 0. The summed E-state index contributed by atoms with van der Waals surface area (Å²) in [5, 5.41) is 3.69. The number of rotatable bonds is 5. The maximum absolute atomic E-state index is 3.69. The molecule has 0 fully saturated rings. The monoisotopic (exact) mass is 247 g/mol. The summed E-state index contributed by atoms with van der Waals surface area (Å²) in [6, 6.07) is 7.39. The van der Waals surface area contributed by atoms with Gasteiger partial charge in [0.2, 0.25) is 0 Å². The summed E-state index contributed by atoms with van der Waals surface area (Å²) in [4.78, 5) is 0. The number of hydrogen-bond donors (Lipinski definition) is 1. The number of benzene rings is 1. The summed E-state index contributed by atoms with van der Waals surface area (Å²) in [7, 11) is 0. The summed E-state index contributed by atoms with van der Waals surface area (Å²) in [6.07, 6.45) is 2.31. The van der Waals surface area contributed by atoms with Gasteiger partial charge in [0.1, 0.15) is 0 Å². The van der Waals surface area contributed by atoms with Gasteiger partial charge in [0.25, 0.3) is 0 Å². The summed E-state index contributed by atoms with van der Waals surface area (Å²) >= 11 is 0. The molecule has 1 heteroatoms. The van der Waals surface area contributed by atoms with Crippen LogP contribution in [0.3, 0.4) is 0 Å². The maximum Gasteiger partial charge on any atom is 0.0156 e. The first-order chi connectivity index (χ1) is 8.34. The van der Waals surface area contributed by atoms with Crippen molar-refractivity contribution in [3.8, 4) is 0 Å². The Hall–Kier alpha value is -0.820. The molecule has 0 saturated heterocycles. The zero-order chi connectivity index (χ0) is 13.8. The van der Waals surface area contributed by atoms with Crippen LogP contribution in [0, 0.1) is 19.3 Å². The molecular weight excluding hydrogens is 218 g/mol. The molecule has 1 nitrogen and oxygen atoms in total. The van der Waals surface area contributed by atoms with Crippen molar-refractivity contribution < 1.29 is 0 Å². The van der Waals surface area contributed by atoms with Crippen LogP contribution in [0.15, 0.2) is 18.2 Å². The molecule has 0 radical (unpaired) electrons. The molecule has 0 aliphatic carbocycles. The highest BCUT2D eigenvalue weighted by Crippen LogP contribution is 2.23. The Morgan fingerprint density at radius 3 is 2.28 bits per heavy atom. The van der Waals surface area contributed by atoms with Crippen LogP contribution in [0.25, 0.3) is 0 Å². The van der Waals surface area contributed by atoms with Crippen molar-refractivity contribution in [2.45, 2.75) is 60.4 Å². The van der Waals surface area contributed by atoms with Gasteiger partial charge in [0.15, 0.2) is 0 Å². The lowest BCUT2D eigenvalue weighted by Gasteiger charge is -2.32. The molecule has 0 spiro atoms. The Morgan fingerprint density at radius 2 is 1.78 bits per heavy atom. The fourth-order valence-corrected chi connectivity index (χ4v) is 2.17. The second-order valence-electron chi connectivity index (χ2n) is 6.50. The lowest BCUT2D eigenvalue weighted by molar-refractivity contribution is 0.267. The van der Waals surface area contributed by atoms with Crippen LogP contribution in [0.1, 0.15) is 50.8 Å². The van der Waals surface area contributed by atoms with Crippen LogP contribution >= 0.6 is 0 Å². The van der Waals surface area contributed by atoms with E-state index in [0.29, 0.717) is 11.5 Å². The van der Waals surface area contributed by atoms with Crippen molar-refractivity contribution in [3.05, 3.63) is 34.9 Å². The topological polar surface area (TPSA) is 12.0 Å². The highest BCUT2D eigenvalue weighted by molar-refractivity contribution is 5.30. The van der Waals surface area contributed by atoms with Crippen molar-refractivity contribution in [2.75, 3.05) is 6.54 Å². The van der Waals surface area contributed by atoms with E-state index in [0.717, 1.165) is 13.0 Å². The molecule has 0 aromatic heterocycles. The van der Waals surface area contributed by atoms with E-state index in [9.17, 15) is 0 Å². The van der Waals surface area contributed by atoms with Gasteiger partial charge in [-0.15, -0.1) is 0 Å². The van der Waals surface area contributed by atoms with E-state index in [2.05, 4.69) is 65.1 Å². The summed E-state index contributed by atoms with van der Waals surface area (Å²) in [5.41, 5.74) is 4.53. The molecule has 1 rings (SSSR count). The molecule has 102 valence electrons. The fourth-order valence-electron chi connectivity index (χ4n) is 2.17. The third kappa shape index (κ3) is 4.45. The zero-order valence-electron chi connectivity index (χ0n) is 12.9. The molecule has 0 aliphatic heterocycles. The Bertz CT molecular complexity index is 374. The van der Waals surface area contributed by atoms with Crippen LogP contribution in [-0.4, -0.2) is 12.6 Å². The molecule has 1 atom stereocenters. The molecule has 1 aromatic rings. The van der Waals surface area contributed by atoms with E-state index >= 15 is 0 Å². The lowest BCUT2D eigenvalue weighted by atomic mass is 9.82. The van der Waals surface area contributed by atoms with E-state index in [1.165, 1.54) is 23.1 Å². The highest BCUT2D eigenvalue weighted by Gasteiger charge is 2.23. The minimum absolute atomic E-state index is 0.300. The van der Waals surface area contributed by atoms with Gasteiger partial charge < -0.3 is 5.32 Å². The van der Waals surface area contributed by atoms with E-state index in [-0.39, 0.29) is 0 Å². The van der Waals surface area contributed by atoms with E-state index in [1.807, 2.05) is 0 Å². The Morgan fingerprint density at radius 1 is 1.11 bits per heavy atom. The largest absolute Gasteiger partial charge is 0.313 e. The Balaban J connectivity index is 2.79. The number of nitrogens with one attached hydrogen (secondary N) is 1. The average Bonchev–Trinajstić information content (AvgIpc) is 2.27. The molecule has 0 saturated carbocycles. The second-order valence-corrected chi connectivity index (χ2v) is 6.50. The minimum atomic E-state index is 0.300. The first-order valence-corrected chi connectivity index (χ1v) is 7.14. The fraction of sp³-hybridized carbons (Fsp3) is 0.647. The SMILES string of the molecule is CCCNC(Cc1ccc(C)c(C)c1)C(C)(C)C. The van der Waals surface area contributed by atoms with Gasteiger partial charge in [-0.1, -0.05) is 45.9 Å². The Kier molecular flexibility index (Phi) is 5.40. The normalized spacial score (nSPS) is 13.7. The predicted molar refractivity (Wildman–Crippen MR) is 81.2 cm³/mol. The molecule has 1 N–H and O–H groups in total. The Labute approximate surface area is 113 Å². The molecule has 18 heavy (non-hydrogen) atoms.